The van der Waals surface area contributed by atoms with Crippen LogP contribution in [0, 0.1) is 13.8 Å². The molecule has 0 fully saturated rings. The number of amides is 1. The maximum absolute atomic E-state index is 13.2. The fraction of sp³-hybridized carbons (Fsp3) is 0.160. The second-order valence-electron chi connectivity index (χ2n) is 7.56. The predicted octanol–water partition coefficient (Wildman–Crippen LogP) is 5.45. The topological polar surface area (TPSA) is 64.0 Å². The van der Waals surface area contributed by atoms with Gasteiger partial charge in [-0.15, -0.1) is 0 Å². The van der Waals surface area contributed by atoms with Gasteiger partial charge in [0.25, 0.3) is 5.56 Å². The predicted molar refractivity (Wildman–Crippen MR) is 132 cm³/mol. The number of halogens is 1. The summed E-state index contributed by atoms with van der Waals surface area (Å²) >= 11 is 7.55. The highest BCUT2D eigenvalue weighted by atomic mass is 35.5. The number of benzene rings is 3. The molecule has 3 aromatic carbocycles. The van der Waals surface area contributed by atoms with Crippen LogP contribution >= 0.6 is 23.4 Å². The summed E-state index contributed by atoms with van der Waals surface area (Å²) in [6, 6.07) is 20.8. The van der Waals surface area contributed by atoms with E-state index in [2.05, 4.69) is 10.3 Å². The van der Waals surface area contributed by atoms with Gasteiger partial charge < -0.3 is 5.32 Å². The lowest BCUT2D eigenvalue weighted by Gasteiger charge is -2.14. The highest BCUT2D eigenvalue weighted by molar-refractivity contribution is 7.99. The minimum atomic E-state index is -0.211. The summed E-state index contributed by atoms with van der Waals surface area (Å²) in [5, 5.41) is 4.45. The smallest absolute Gasteiger partial charge is 0.262 e. The van der Waals surface area contributed by atoms with Crippen LogP contribution in [0.4, 0.5) is 5.69 Å². The van der Waals surface area contributed by atoms with E-state index in [-0.39, 0.29) is 17.2 Å². The maximum atomic E-state index is 13.2. The number of rotatable bonds is 6. The van der Waals surface area contributed by atoms with Gasteiger partial charge in [-0.05, 0) is 48.7 Å². The second kappa shape index (κ2) is 9.59. The molecule has 1 heterocycles. The van der Waals surface area contributed by atoms with Gasteiger partial charge in [-0.2, -0.15) is 0 Å². The molecule has 0 saturated heterocycles. The molecule has 0 spiro atoms. The third-order valence-corrected chi connectivity index (χ3v) is 6.31. The zero-order valence-electron chi connectivity index (χ0n) is 17.8. The number of carbonyl (C=O) groups excluding carboxylic acids is 1. The SMILES string of the molecule is Cc1cc(C)c(NC(=O)CSc2nc3ccccc3c(=O)n2Cc2ccccc2)c(Cl)c1. The van der Waals surface area contributed by atoms with Crippen molar-refractivity contribution in [2.45, 2.75) is 25.5 Å². The Hall–Kier alpha value is -3.09. The number of hydrogen-bond donors (Lipinski definition) is 1. The zero-order valence-corrected chi connectivity index (χ0v) is 19.3. The van der Waals surface area contributed by atoms with Gasteiger partial charge in [-0.1, -0.05) is 71.9 Å². The summed E-state index contributed by atoms with van der Waals surface area (Å²) in [4.78, 5) is 30.6. The highest BCUT2D eigenvalue weighted by Crippen LogP contribution is 2.28. The molecule has 1 aromatic heterocycles. The summed E-state index contributed by atoms with van der Waals surface area (Å²) < 4.78 is 1.62. The van der Waals surface area contributed by atoms with Crippen LogP contribution in [0.3, 0.4) is 0 Å². The summed E-state index contributed by atoms with van der Waals surface area (Å²) in [6.45, 7) is 4.24. The van der Waals surface area contributed by atoms with Crippen LogP contribution in [0.25, 0.3) is 10.9 Å². The van der Waals surface area contributed by atoms with Crippen LogP contribution in [0.1, 0.15) is 16.7 Å². The van der Waals surface area contributed by atoms with Crippen molar-refractivity contribution in [1.82, 2.24) is 9.55 Å². The van der Waals surface area contributed by atoms with Crippen molar-refractivity contribution < 1.29 is 4.79 Å². The lowest BCUT2D eigenvalue weighted by Crippen LogP contribution is -2.25. The van der Waals surface area contributed by atoms with E-state index in [1.807, 2.05) is 74.5 Å². The van der Waals surface area contributed by atoms with Gasteiger partial charge in [-0.25, -0.2) is 4.98 Å². The Morgan fingerprint density at radius 1 is 1.06 bits per heavy atom. The van der Waals surface area contributed by atoms with Gasteiger partial charge in [-0.3, -0.25) is 14.2 Å². The number of fused-ring (bicyclic) bond motifs is 1. The molecule has 162 valence electrons. The Balaban J connectivity index is 1.61. The average Bonchev–Trinajstić information content (AvgIpc) is 2.77. The Morgan fingerprint density at radius 3 is 2.53 bits per heavy atom. The first kappa shape index (κ1) is 22.1. The van der Waals surface area contributed by atoms with Gasteiger partial charge in [0.15, 0.2) is 5.16 Å². The number of carbonyl (C=O) groups is 1. The van der Waals surface area contributed by atoms with E-state index in [9.17, 15) is 9.59 Å². The molecular weight excluding hydrogens is 442 g/mol. The van der Waals surface area contributed by atoms with E-state index in [0.29, 0.717) is 33.3 Å². The van der Waals surface area contributed by atoms with E-state index >= 15 is 0 Å². The average molecular weight is 464 g/mol. The number of nitrogens with one attached hydrogen (secondary N) is 1. The Kier molecular flexibility index (Phi) is 6.63. The molecule has 0 aliphatic carbocycles. The van der Waals surface area contributed by atoms with Gasteiger partial charge in [0.2, 0.25) is 5.91 Å². The van der Waals surface area contributed by atoms with E-state index in [4.69, 9.17) is 11.6 Å². The van der Waals surface area contributed by atoms with Gasteiger partial charge >= 0.3 is 0 Å². The minimum Gasteiger partial charge on any atom is -0.324 e. The number of anilines is 1. The second-order valence-corrected chi connectivity index (χ2v) is 8.91. The molecule has 0 atom stereocenters. The molecule has 32 heavy (non-hydrogen) atoms. The van der Waals surface area contributed by atoms with Gasteiger partial charge in [0, 0.05) is 0 Å². The van der Waals surface area contributed by atoms with Crippen molar-refractivity contribution >= 4 is 45.9 Å². The normalized spacial score (nSPS) is 11.0. The maximum Gasteiger partial charge on any atom is 0.262 e. The quantitative estimate of drug-likeness (QED) is 0.305. The lowest BCUT2D eigenvalue weighted by atomic mass is 10.1. The number of hydrogen-bond acceptors (Lipinski definition) is 4. The molecule has 0 bridgehead atoms. The van der Waals surface area contributed by atoms with Crippen molar-refractivity contribution in [3.8, 4) is 0 Å². The molecule has 1 amide bonds. The monoisotopic (exact) mass is 463 g/mol. The first-order valence-electron chi connectivity index (χ1n) is 10.2. The molecule has 0 saturated carbocycles. The molecule has 4 aromatic rings. The van der Waals surface area contributed by atoms with E-state index in [0.717, 1.165) is 16.7 Å². The third kappa shape index (κ3) is 4.87. The molecular formula is C25H22ClN3O2S. The number of nitrogens with zero attached hydrogens (tertiary/aromatic N) is 2. The van der Waals surface area contributed by atoms with Crippen molar-refractivity contribution in [2.75, 3.05) is 11.1 Å². The molecule has 4 rings (SSSR count). The molecule has 0 unspecified atom stereocenters. The number of para-hydroxylation sites is 1. The van der Waals surface area contributed by atoms with Crippen LogP contribution in [0.2, 0.25) is 5.02 Å². The highest BCUT2D eigenvalue weighted by Gasteiger charge is 2.15. The molecule has 0 radical (unpaired) electrons. The molecule has 1 N–H and O–H groups in total. The largest absolute Gasteiger partial charge is 0.324 e. The van der Waals surface area contributed by atoms with Crippen LogP contribution in [-0.2, 0) is 11.3 Å². The first-order chi connectivity index (χ1) is 15.4. The number of aryl methyl sites for hydroxylation is 2. The Morgan fingerprint density at radius 2 is 1.78 bits per heavy atom. The van der Waals surface area contributed by atoms with E-state index in [1.165, 1.54) is 11.8 Å². The number of thioether (sulfide) groups is 1. The lowest BCUT2D eigenvalue weighted by molar-refractivity contribution is -0.113. The van der Waals surface area contributed by atoms with Crippen LogP contribution in [0.5, 0.6) is 0 Å². The number of aromatic nitrogens is 2. The summed E-state index contributed by atoms with van der Waals surface area (Å²) in [6.07, 6.45) is 0. The van der Waals surface area contributed by atoms with Crippen LogP contribution in [0.15, 0.2) is 76.7 Å². The molecule has 0 aliphatic rings. The summed E-state index contributed by atoms with van der Waals surface area (Å²) in [7, 11) is 0. The molecule has 7 heteroatoms. The minimum absolute atomic E-state index is 0.100. The van der Waals surface area contributed by atoms with Crippen molar-refractivity contribution in [3.05, 3.63) is 98.8 Å². The van der Waals surface area contributed by atoms with Gasteiger partial charge in [0.1, 0.15) is 0 Å². The van der Waals surface area contributed by atoms with Crippen molar-refractivity contribution in [3.63, 3.8) is 0 Å². The summed E-state index contributed by atoms with van der Waals surface area (Å²) in [5.74, 6) is -0.110. The first-order valence-corrected chi connectivity index (χ1v) is 11.5. The van der Waals surface area contributed by atoms with Crippen molar-refractivity contribution in [1.29, 1.82) is 0 Å². The van der Waals surface area contributed by atoms with Crippen LogP contribution in [-0.4, -0.2) is 21.2 Å². The molecule has 0 aliphatic heterocycles. The Labute approximate surface area is 195 Å². The standard InChI is InChI=1S/C25H22ClN3O2S/c1-16-12-17(2)23(20(26)13-16)28-22(30)15-32-25-27-21-11-7-6-10-19(21)24(31)29(25)14-18-8-4-3-5-9-18/h3-13H,14-15H2,1-2H3,(H,28,30). The van der Waals surface area contributed by atoms with Gasteiger partial charge in [0.05, 0.1) is 33.9 Å². The fourth-order valence-electron chi connectivity index (χ4n) is 3.54. The third-order valence-electron chi connectivity index (χ3n) is 5.04. The van der Waals surface area contributed by atoms with Crippen molar-refractivity contribution in [2.24, 2.45) is 0 Å². The molecule has 5 nitrogen and oxygen atoms in total. The van der Waals surface area contributed by atoms with Crippen LogP contribution < -0.4 is 10.9 Å². The van der Waals surface area contributed by atoms with E-state index < -0.39 is 0 Å². The summed E-state index contributed by atoms with van der Waals surface area (Å²) in [5.41, 5.74) is 4.02. The fourth-order valence-corrected chi connectivity index (χ4v) is 4.71. The van der Waals surface area contributed by atoms with E-state index in [1.54, 1.807) is 10.6 Å². The Bertz CT molecular complexity index is 1330. The zero-order chi connectivity index (χ0) is 22.7.